The average Bonchev–Trinajstić information content (AvgIpc) is 3.38. The maximum absolute atomic E-state index is 14.9. The molecule has 4 rings (SSSR count). The van der Waals surface area contributed by atoms with Gasteiger partial charge < -0.3 is 15.8 Å². The van der Waals surface area contributed by atoms with Crippen LogP contribution in [0.2, 0.25) is 0 Å². The number of aromatic nitrogens is 1. The molecule has 2 aromatic rings. The summed E-state index contributed by atoms with van der Waals surface area (Å²) in [7, 11) is 0. The van der Waals surface area contributed by atoms with Crippen molar-refractivity contribution in [1.29, 1.82) is 0 Å². The van der Waals surface area contributed by atoms with Gasteiger partial charge in [0.05, 0.1) is 18.1 Å². The number of aryl methyl sites for hydroxylation is 1. The number of thiazole rings is 1. The summed E-state index contributed by atoms with van der Waals surface area (Å²) in [5, 5.41) is 5.72. The fourth-order valence-corrected chi connectivity index (χ4v) is 3.76. The SMILES string of the molecule is CC(=O)NCC1CN(C2=CC(F)=C(c3ccc(CN)cc3)CC=C2)C(=O)O1.Cc1nccs1. The van der Waals surface area contributed by atoms with Crippen LogP contribution < -0.4 is 11.1 Å². The number of benzene rings is 1. The molecule has 0 bridgehead atoms. The van der Waals surface area contributed by atoms with Gasteiger partial charge in [-0.25, -0.2) is 9.18 Å². The van der Waals surface area contributed by atoms with E-state index in [2.05, 4.69) is 10.3 Å². The first-order valence-corrected chi connectivity index (χ1v) is 11.4. The van der Waals surface area contributed by atoms with E-state index in [4.69, 9.17) is 10.5 Å². The zero-order valence-electron chi connectivity index (χ0n) is 18.6. The van der Waals surface area contributed by atoms with Crippen LogP contribution in [0.15, 0.2) is 65.6 Å². The van der Waals surface area contributed by atoms with Crippen molar-refractivity contribution in [2.75, 3.05) is 13.1 Å². The molecule has 2 heterocycles. The van der Waals surface area contributed by atoms with Crippen molar-refractivity contribution in [3.8, 4) is 0 Å². The molecule has 2 aliphatic rings. The number of nitrogens with two attached hydrogens (primary N) is 1. The highest BCUT2D eigenvalue weighted by molar-refractivity contribution is 7.09. The maximum atomic E-state index is 14.9. The predicted molar refractivity (Wildman–Crippen MR) is 127 cm³/mol. The molecule has 1 unspecified atom stereocenters. The molecule has 174 valence electrons. The number of nitrogens with one attached hydrogen (secondary N) is 1. The van der Waals surface area contributed by atoms with Crippen LogP contribution in [0, 0.1) is 6.92 Å². The Morgan fingerprint density at radius 2 is 2.12 bits per heavy atom. The van der Waals surface area contributed by atoms with E-state index in [0.717, 1.165) is 16.1 Å². The number of rotatable bonds is 5. The van der Waals surface area contributed by atoms with Crippen LogP contribution in [0.1, 0.15) is 29.5 Å². The van der Waals surface area contributed by atoms with E-state index in [1.54, 1.807) is 23.6 Å². The summed E-state index contributed by atoms with van der Waals surface area (Å²) < 4.78 is 20.1. The van der Waals surface area contributed by atoms with Crippen LogP contribution in [0.5, 0.6) is 0 Å². The minimum Gasteiger partial charge on any atom is -0.442 e. The van der Waals surface area contributed by atoms with Gasteiger partial charge in [0.2, 0.25) is 5.91 Å². The smallest absolute Gasteiger partial charge is 0.414 e. The monoisotopic (exact) mass is 470 g/mol. The van der Waals surface area contributed by atoms with Gasteiger partial charge in [0.15, 0.2) is 0 Å². The van der Waals surface area contributed by atoms with Crippen molar-refractivity contribution in [3.63, 3.8) is 0 Å². The highest BCUT2D eigenvalue weighted by Gasteiger charge is 2.33. The van der Waals surface area contributed by atoms with Crippen LogP contribution in [0.4, 0.5) is 9.18 Å². The van der Waals surface area contributed by atoms with Gasteiger partial charge in [-0.1, -0.05) is 30.3 Å². The molecule has 0 spiro atoms. The number of nitrogens with zero attached hydrogens (tertiary/aromatic N) is 2. The van der Waals surface area contributed by atoms with Gasteiger partial charge in [-0.15, -0.1) is 11.3 Å². The zero-order chi connectivity index (χ0) is 23.8. The molecule has 1 aromatic carbocycles. The third-order valence-corrected chi connectivity index (χ3v) is 5.74. The third-order valence-electron chi connectivity index (χ3n) is 5.03. The first-order valence-electron chi connectivity index (χ1n) is 10.5. The average molecular weight is 471 g/mol. The second-order valence-electron chi connectivity index (χ2n) is 7.51. The van der Waals surface area contributed by atoms with Crippen LogP contribution >= 0.6 is 11.3 Å². The normalized spacial score (nSPS) is 17.7. The number of halogens is 1. The van der Waals surface area contributed by atoms with Gasteiger partial charge in [-0.3, -0.25) is 14.7 Å². The molecule has 7 nitrogen and oxygen atoms in total. The Hall–Kier alpha value is -3.30. The van der Waals surface area contributed by atoms with Gasteiger partial charge in [0, 0.05) is 30.7 Å². The molecular weight excluding hydrogens is 443 g/mol. The van der Waals surface area contributed by atoms with Crippen molar-refractivity contribution < 1.29 is 18.7 Å². The number of hydrogen-bond donors (Lipinski definition) is 2. The largest absolute Gasteiger partial charge is 0.442 e. The molecule has 1 aliphatic heterocycles. The Morgan fingerprint density at radius 1 is 1.36 bits per heavy atom. The highest BCUT2D eigenvalue weighted by atomic mass is 32.1. The molecule has 3 N–H and O–H groups in total. The van der Waals surface area contributed by atoms with Gasteiger partial charge in [0.25, 0.3) is 0 Å². The number of ether oxygens (including phenoxy) is 1. The Balaban J connectivity index is 0.000000442. The summed E-state index contributed by atoms with van der Waals surface area (Å²) >= 11 is 1.67. The number of carbonyl (C=O) groups excluding carboxylic acids is 2. The summed E-state index contributed by atoms with van der Waals surface area (Å²) in [6.07, 6.45) is 6.07. The Bertz CT molecular complexity index is 1060. The lowest BCUT2D eigenvalue weighted by Gasteiger charge is -2.13. The van der Waals surface area contributed by atoms with Crippen LogP contribution in [0.3, 0.4) is 0 Å². The first kappa shape index (κ1) is 24.3. The minimum absolute atomic E-state index is 0.197. The maximum Gasteiger partial charge on any atom is 0.414 e. The fourth-order valence-electron chi connectivity index (χ4n) is 3.32. The molecular formula is C24H27FN4O3S. The molecule has 1 aromatic heterocycles. The zero-order valence-corrected chi connectivity index (χ0v) is 19.4. The summed E-state index contributed by atoms with van der Waals surface area (Å²) in [4.78, 5) is 28.5. The molecule has 0 radical (unpaired) electrons. The van der Waals surface area contributed by atoms with E-state index in [-0.39, 0.29) is 19.0 Å². The van der Waals surface area contributed by atoms with Gasteiger partial charge in [-0.05, 0) is 42.2 Å². The first-order chi connectivity index (χ1) is 15.9. The number of carbonyl (C=O) groups is 2. The Morgan fingerprint density at radius 3 is 2.70 bits per heavy atom. The van der Waals surface area contributed by atoms with E-state index in [0.29, 0.717) is 24.2 Å². The second-order valence-corrected chi connectivity index (χ2v) is 8.61. The van der Waals surface area contributed by atoms with Crippen molar-refractivity contribution in [2.45, 2.75) is 32.9 Å². The van der Waals surface area contributed by atoms with Gasteiger partial charge in [0.1, 0.15) is 11.9 Å². The minimum atomic E-state index is -0.551. The lowest BCUT2D eigenvalue weighted by molar-refractivity contribution is -0.119. The summed E-state index contributed by atoms with van der Waals surface area (Å²) in [6.45, 7) is 4.30. The number of allylic oxidation sites excluding steroid dienone is 5. The summed E-state index contributed by atoms with van der Waals surface area (Å²) in [5.41, 5.74) is 8.33. The van der Waals surface area contributed by atoms with Crippen molar-refractivity contribution in [3.05, 3.63) is 81.7 Å². The van der Waals surface area contributed by atoms with Crippen LogP contribution in [0.25, 0.3) is 5.57 Å². The molecule has 33 heavy (non-hydrogen) atoms. The lowest BCUT2D eigenvalue weighted by atomic mass is 10.0. The van der Waals surface area contributed by atoms with Gasteiger partial charge in [-0.2, -0.15) is 0 Å². The van der Waals surface area contributed by atoms with Crippen molar-refractivity contribution in [1.82, 2.24) is 15.2 Å². The quantitative estimate of drug-likeness (QED) is 0.686. The highest BCUT2D eigenvalue weighted by Crippen LogP contribution is 2.30. The molecule has 2 amide bonds. The predicted octanol–water partition coefficient (Wildman–Crippen LogP) is 4.08. The Labute approximate surface area is 196 Å². The van der Waals surface area contributed by atoms with Crippen LogP contribution in [-0.2, 0) is 16.1 Å². The fraction of sp³-hybridized carbons (Fsp3) is 0.292. The molecule has 1 aliphatic carbocycles. The number of amides is 2. The molecule has 1 saturated heterocycles. The molecule has 1 fully saturated rings. The van der Waals surface area contributed by atoms with E-state index in [1.165, 1.54) is 17.9 Å². The van der Waals surface area contributed by atoms with Crippen LogP contribution in [-0.4, -0.2) is 41.1 Å². The van der Waals surface area contributed by atoms with E-state index in [1.807, 2.05) is 42.6 Å². The number of cyclic esters (lactones) is 1. The standard InChI is InChI=1S/C20H22FN3O3.C4H5NS/c1-13(25)23-11-17-12-24(20(26)27-17)16-3-2-4-18(19(21)9-16)15-7-5-14(10-22)6-8-15;1-4-5-2-3-6-4/h2-3,5-9,17H,4,10-12,22H2,1H3,(H,23,25);2-3H,1H3. The molecule has 9 heteroatoms. The Kier molecular flexibility index (Phi) is 8.51. The number of hydrogen-bond acceptors (Lipinski definition) is 6. The van der Waals surface area contributed by atoms with Crippen molar-refractivity contribution >= 4 is 28.9 Å². The summed E-state index contributed by atoms with van der Waals surface area (Å²) in [6, 6.07) is 7.44. The van der Waals surface area contributed by atoms with Gasteiger partial charge >= 0.3 is 6.09 Å². The van der Waals surface area contributed by atoms with E-state index < -0.39 is 18.0 Å². The molecule has 1 atom stereocenters. The molecule has 0 saturated carbocycles. The van der Waals surface area contributed by atoms with E-state index in [9.17, 15) is 14.0 Å². The summed E-state index contributed by atoms with van der Waals surface area (Å²) in [5.74, 6) is -0.592. The van der Waals surface area contributed by atoms with Crippen molar-refractivity contribution in [2.24, 2.45) is 5.73 Å². The lowest BCUT2D eigenvalue weighted by Crippen LogP contribution is -2.33. The van der Waals surface area contributed by atoms with E-state index >= 15 is 0 Å². The second kappa shape index (κ2) is 11.5. The topological polar surface area (TPSA) is 97.6 Å². The third kappa shape index (κ3) is 6.84.